The third kappa shape index (κ3) is 26.8. The van der Waals surface area contributed by atoms with Crippen LogP contribution in [0.2, 0.25) is 0 Å². The topological polar surface area (TPSA) is 214 Å². The van der Waals surface area contributed by atoms with Gasteiger partial charge in [-0.2, -0.15) is 0 Å². The molecule has 0 amide bonds. The maximum atomic E-state index is 13.0. The monoisotopic (exact) mass is 937 g/mol. The minimum Gasteiger partial charge on any atom is -0.457 e. The Morgan fingerprint density at radius 3 is 1.55 bits per heavy atom. The fourth-order valence-electron chi connectivity index (χ4n) is 7.36. The number of rotatable bonds is 38. The zero-order valence-corrected chi connectivity index (χ0v) is 40.2. The van der Waals surface area contributed by atoms with Crippen molar-refractivity contribution in [2.24, 2.45) is 0 Å². The predicted molar refractivity (Wildman–Crippen MR) is 256 cm³/mol. The number of ether oxygens (including phenoxy) is 6. The Bertz CT molecular complexity index is 1360. The highest BCUT2D eigenvalue weighted by atomic mass is 16.7. The Morgan fingerprint density at radius 1 is 0.515 bits per heavy atom. The lowest BCUT2D eigenvalue weighted by Crippen LogP contribution is -2.61. The van der Waals surface area contributed by atoms with Crippen LogP contribution in [0.15, 0.2) is 72.9 Å². The lowest BCUT2D eigenvalue weighted by molar-refractivity contribution is -0.332. The molecule has 0 aromatic carbocycles. The number of esters is 1. The Balaban J connectivity index is 1.81. The van der Waals surface area contributed by atoms with Crippen LogP contribution in [0.3, 0.4) is 0 Å². The lowest BCUT2D eigenvalue weighted by atomic mass is 9.98. The molecule has 2 rings (SSSR count). The van der Waals surface area contributed by atoms with E-state index in [9.17, 15) is 40.5 Å². The normalized spacial score (nSPS) is 26.9. The summed E-state index contributed by atoms with van der Waals surface area (Å²) in [6.07, 6.45) is 31.1. The second kappa shape index (κ2) is 39.3. The Morgan fingerprint density at radius 2 is 0.985 bits per heavy atom. The number of aliphatic hydroxyl groups is 7. The molecule has 2 aliphatic rings. The molecule has 0 aromatic heterocycles. The summed E-state index contributed by atoms with van der Waals surface area (Å²) >= 11 is 0. The highest BCUT2D eigenvalue weighted by molar-refractivity contribution is 5.69. The van der Waals surface area contributed by atoms with Crippen molar-refractivity contribution >= 4 is 5.97 Å². The number of aliphatic hydroxyl groups excluding tert-OH is 7. The van der Waals surface area contributed by atoms with E-state index in [0.717, 1.165) is 96.3 Å². The van der Waals surface area contributed by atoms with E-state index in [4.69, 9.17) is 28.4 Å². The SMILES string of the molecule is CC/C=C\C/C=C\C/C=C\C/C=C\CCCCCOCC(COC1OC(COC2OC(CO)C(O)C(O)C2O)C(O)C(O)C1O)OC(=O)CCCCCCC/C=C\C/C=C\CCCCCC. The number of carbonyl (C=O) groups excluding carboxylic acids is 1. The standard InChI is InChI=1S/C52H88O14/c1-3-5-7-9-11-13-15-17-19-21-23-25-27-29-31-33-35-44(54)64-41(38-61-36-34-32-30-28-26-24-22-20-18-16-14-12-10-8-6-4-2)39-62-51-50(60)48(58)46(56)43(66-51)40-63-52-49(59)47(57)45(55)42(37-53)65-52/h6,8,12-15,18-21,24,26,41-43,45-53,55-60H,3-5,7,9-11,16-17,22-23,25,27-40H2,1-2H3/b8-6-,14-12-,15-13-,20-18-,21-19-,26-24-. The second-order valence-corrected chi connectivity index (χ2v) is 17.3. The molecule has 0 saturated carbocycles. The molecule has 0 aliphatic carbocycles. The second-order valence-electron chi connectivity index (χ2n) is 17.3. The van der Waals surface area contributed by atoms with E-state index in [-0.39, 0.29) is 19.6 Å². The average molecular weight is 937 g/mol. The van der Waals surface area contributed by atoms with Gasteiger partial charge in [0.1, 0.15) is 54.9 Å². The van der Waals surface area contributed by atoms with Gasteiger partial charge in [-0.15, -0.1) is 0 Å². The van der Waals surface area contributed by atoms with E-state index in [2.05, 4.69) is 86.8 Å². The average Bonchev–Trinajstić information content (AvgIpc) is 3.31. The summed E-state index contributed by atoms with van der Waals surface area (Å²) in [5, 5.41) is 72.1. The van der Waals surface area contributed by atoms with Crippen LogP contribution in [0.5, 0.6) is 0 Å². The van der Waals surface area contributed by atoms with Crippen molar-refractivity contribution in [2.45, 2.75) is 216 Å². The molecule has 66 heavy (non-hydrogen) atoms. The summed E-state index contributed by atoms with van der Waals surface area (Å²) in [6.45, 7) is 3.43. The van der Waals surface area contributed by atoms with Gasteiger partial charge >= 0.3 is 5.97 Å². The molecule has 0 spiro atoms. The summed E-state index contributed by atoms with van der Waals surface area (Å²) in [6, 6.07) is 0. The number of carbonyl (C=O) groups is 1. The van der Waals surface area contributed by atoms with Crippen molar-refractivity contribution in [3.8, 4) is 0 Å². The highest BCUT2D eigenvalue weighted by Crippen LogP contribution is 2.26. The van der Waals surface area contributed by atoms with Crippen molar-refractivity contribution < 1.29 is 69.0 Å². The molecule has 7 N–H and O–H groups in total. The third-order valence-corrected chi connectivity index (χ3v) is 11.4. The molecule has 11 unspecified atom stereocenters. The first-order valence-electron chi connectivity index (χ1n) is 25.0. The van der Waals surface area contributed by atoms with E-state index in [0.29, 0.717) is 13.0 Å². The van der Waals surface area contributed by atoms with Crippen LogP contribution in [-0.4, -0.2) is 142 Å². The molecular weight excluding hydrogens is 849 g/mol. The number of hydrogen-bond acceptors (Lipinski definition) is 14. The minimum absolute atomic E-state index is 0.0303. The zero-order valence-electron chi connectivity index (χ0n) is 40.2. The van der Waals surface area contributed by atoms with Crippen LogP contribution in [0.25, 0.3) is 0 Å². The first-order chi connectivity index (χ1) is 32.1. The Labute approximate surface area is 396 Å². The van der Waals surface area contributed by atoms with Crippen molar-refractivity contribution in [3.05, 3.63) is 72.9 Å². The highest BCUT2D eigenvalue weighted by Gasteiger charge is 2.47. The summed E-state index contributed by atoms with van der Waals surface area (Å²) in [5.74, 6) is -0.405. The van der Waals surface area contributed by atoms with Crippen LogP contribution in [0, 0.1) is 0 Å². The van der Waals surface area contributed by atoms with Crippen molar-refractivity contribution in [1.82, 2.24) is 0 Å². The number of allylic oxidation sites excluding steroid dienone is 12. The molecule has 0 radical (unpaired) electrons. The Hall–Kier alpha value is -2.57. The summed E-state index contributed by atoms with van der Waals surface area (Å²) in [5.41, 5.74) is 0. The molecule has 2 fully saturated rings. The van der Waals surface area contributed by atoms with Gasteiger partial charge < -0.3 is 64.2 Å². The van der Waals surface area contributed by atoms with Crippen LogP contribution in [-0.2, 0) is 33.2 Å². The van der Waals surface area contributed by atoms with Gasteiger partial charge in [-0.05, 0) is 83.5 Å². The van der Waals surface area contributed by atoms with Gasteiger partial charge in [0.25, 0.3) is 0 Å². The van der Waals surface area contributed by atoms with Gasteiger partial charge in [0, 0.05) is 13.0 Å². The molecule has 0 bridgehead atoms. The fourth-order valence-corrected chi connectivity index (χ4v) is 7.36. The molecule has 2 saturated heterocycles. The maximum absolute atomic E-state index is 13.0. The smallest absolute Gasteiger partial charge is 0.306 e. The molecule has 2 aliphatic heterocycles. The summed E-state index contributed by atoms with van der Waals surface area (Å²) in [4.78, 5) is 13.0. The maximum Gasteiger partial charge on any atom is 0.306 e. The molecule has 11 atom stereocenters. The van der Waals surface area contributed by atoms with Gasteiger partial charge in [0.15, 0.2) is 12.6 Å². The summed E-state index contributed by atoms with van der Waals surface area (Å²) in [7, 11) is 0. The van der Waals surface area contributed by atoms with E-state index in [1.807, 2.05) is 0 Å². The van der Waals surface area contributed by atoms with Crippen molar-refractivity contribution in [2.75, 3.05) is 33.0 Å². The van der Waals surface area contributed by atoms with Gasteiger partial charge in [0.05, 0.1) is 26.4 Å². The largest absolute Gasteiger partial charge is 0.457 e. The van der Waals surface area contributed by atoms with Gasteiger partial charge in [0.2, 0.25) is 0 Å². The van der Waals surface area contributed by atoms with Gasteiger partial charge in [-0.3, -0.25) is 4.79 Å². The molecule has 14 heteroatoms. The number of hydrogen-bond donors (Lipinski definition) is 7. The van der Waals surface area contributed by atoms with Crippen molar-refractivity contribution in [3.63, 3.8) is 0 Å². The van der Waals surface area contributed by atoms with E-state index in [1.54, 1.807) is 0 Å². The van der Waals surface area contributed by atoms with E-state index in [1.165, 1.54) is 25.7 Å². The molecular formula is C52H88O14. The third-order valence-electron chi connectivity index (χ3n) is 11.4. The van der Waals surface area contributed by atoms with Crippen LogP contribution < -0.4 is 0 Å². The van der Waals surface area contributed by atoms with E-state index < -0.39 is 86.7 Å². The Kier molecular flexibility index (Phi) is 35.5. The van der Waals surface area contributed by atoms with E-state index >= 15 is 0 Å². The first-order valence-corrected chi connectivity index (χ1v) is 25.0. The fraction of sp³-hybridized carbons (Fsp3) is 0.750. The van der Waals surface area contributed by atoms with Gasteiger partial charge in [-0.25, -0.2) is 0 Å². The van der Waals surface area contributed by atoms with Crippen LogP contribution in [0.1, 0.15) is 149 Å². The first kappa shape index (κ1) is 59.6. The zero-order chi connectivity index (χ0) is 48.0. The number of unbranched alkanes of at least 4 members (excludes halogenated alkanes) is 12. The molecule has 380 valence electrons. The lowest BCUT2D eigenvalue weighted by Gasteiger charge is -2.42. The summed E-state index contributed by atoms with van der Waals surface area (Å²) < 4.78 is 34.2. The predicted octanol–water partition coefficient (Wildman–Crippen LogP) is 7.12. The van der Waals surface area contributed by atoms with Crippen LogP contribution in [0.4, 0.5) is 0 Å². The minimum atomic E-state index is -1.72. The van der Waals surface area contributed by atoms with Crippen molar-refractivity contribution in [1.29, 1.82) is 0 Å². The van der Waals surface area contributed by atoms with Gasteiger partial charge in [-0.1, -0.05) is 132 Å². The quantitative estimate of drug-likeness (QED) is 0.0187. The van der Waals surface area contributed by atoms with Crippen LogP contribution >= 0.6 is 0 Å². The molecule has 2 heterocycles. The molecule has 0 aromatic rings. The molecule has 14 nitrogen and oxygen atoms in total.